The summed E-state index contributed by atoms with van der Waals surface area (Å²) < 4.78 is 72.7. The molecule has 0 saturated carbocycles. The molecule has 1 rings (SSSR count). The van der Waals surface area contributed by atoms with Crippen LogP contribution in [0, 0.1) is 6.20 Å². The van der Waals surface area contributed by atoms with Crippen LogP contribution in [0.15, 0.2) is 24.4 Å². The molecular weight excluding hydrogens is 247 g/mol. The van der Waals surface area contributed by atoms with E-state index in [1.165, 1.54) is 0 Å². The molecule has 0 saturated heterocycles. The minimum atomic E-state index is -6.01. The summed E-state index contributed by atoms with van der Waals surface area (Å²) in [6.07, 6.45) is -10.1. The first-order chi connectivity index (χ1) is 7.11. The molecule has 0 aliphatic heterocycles. The Kier molecular flexibility index (Phi) is 4.68. The summed E-state index contributed by atoms with van der Waals surface area (Å²) in [7, 11) is 0. The van der Waals surface area contributed by atoms with Gasteiger partial charge in [0.15, 0.2) is 0 Å². The molecule has 0 atom stereocenters. The molecule has 0 unspecified atom stereocenters. The molecule has 1 aromatic rings. The second-order valence-electron chi connectivity index (χ2n) is 2.84. The Morgan fingerprint density at radius 3 is 1.71 bits per heavy atom. The third kappa shape index (κ3) is 2.76. The van der Waals surface area contributed by atoms with E-state index < -0.39 is 22.6 Å². The third-order valence-electron chi connectivity index (χ3n) is 1.76. The molecule has 0 radical (unpaired) electrons. The number of nitrogens with zero attached hydrogens (tertiary/aromatic N) is 1. The van der Waals surface area contributed by atoms with Crippen molar-refractivity contribution in [3.8, 4) is 0 Å². The summed E-state index contributed by atoms with van der Waals surface area (Å²) in [6.45, 7) is 0. The number of alkyl halides is 6. The van der Waals surface area contributed by atoms with Crippen LogP contribution in [0.1, 0.15) is 0 Å². The van der Waals surface area contributed by atoms with E-state index in [4.69, 9.17) is 0 Å². The fourth-order valence-corrected chi connectivity index (χ4v) is 0.987. The zero-order valence-electron chi connectivity index (χ0n) is 8.43. The minimum absolute atomic E-state index is 0. The molecule has 90 valence electrons. The van der Waals surface area contributed by atoms with Crippen molar-refractivity contribution in [1.29, 1.82) is 0 Å². The van der Waals surface area contributed by atoms with Crippen molar-refractivity contribution in [3.63, 3.8) is 0 Å². The maximum atomic E-state index is 12.2. The van der Waals surface area contributed by atoms with Crippen LogP contribution in [0.2, 0.25) is 0 Å². The number of rotatable bonds is 1. The molecule has 0 N–H and O–H groups in total. The molecule has 1 heterocycles. The van der Waals surface area contributed by atoms with Gasteiger partial charge in [-0.2, -0.15) is 32.4 Å². The molecule has 17 heavy (non-hydrogen) atoms. The van der Waals surface area contributed by atoms with Gasteiger partial charge in [-0.15, -0.1) is 12.1 Å². The number of hydrogen-bond acceptors (Lipinski definition) is 1. The van der Waals surface area contributed by atoms with Crippen LogP contribution >= 0.6 is 0 Å². The minimum Gasteiger partial charge on any atom is -0.783 e. The van der Waals surface area contributed by atoms with Gasteiger partial charge in [0, 0.05) is 0 Å². The Hall–Kier alpha value is -0.713. The van der Waals surface area contributed by atoms with Gasteiger partial charge >= 0.3 is 31.2 Å². The predicted octanol–water partition coefficient (Wildman–Crippen LogP) is -2.08. The van der Waals surface area contributed by atoms with Crippen molar-refractivity contribution < 1.29 is 54.9 Å². The molecule has 0 aliphatic rings. The van der Waals surface area contributed by atoms with Gasteiger partial charge in [0.2, 0.25) is 0 Å². The summed E-state index contributed by atoms with van der Waals surface area (Å²) in [4.78, 5) is 0. The van der Waals surface area contributed by atoms with Crippen molar-refractivity contribution in [3.05, 3.63) is 30.6 Å². The molecule has 0 amide bonds. The fourth-order valence-electron chi connectivity index (χ4n) is 0.987. The molecule has 0 fully saturated rings. The fraction of sp³-hybridized carbons (Fsp3) is 0.375. The van der Waals surface area contributed by atoms with E-state index in [-0.39, 0.29) is 18.9 Å². The molecule has 1 aromatic heterocycles. The van der Waals surface area contributed by atoms with Crippen LogP contribution in [0.4, 0.5) is 26.3 Å². The quantitative estimate of drug-likeness (QED) is 0.243. The van der Waals surface area contributed by atoms with Crippen molar-refractivity contribution in [2.45, 2.75) is 18.1 Å². The van der Waals surface area contributed by atoms with Gasteiger partial charge in [0.25, 0.3) is 5.72 Å². The van der Waals surface area contributed by atoms with E-state index in [1.54, 1.807) is 6.20 Å². The first kappa shape index (κ1) is 16.3. The Morgan fingerprint density at radius 2 is 1.41 bits per heavy atom. The SMILES string of the molecule is [Li+].[O-]C([n+]1[c-]cccc1)(C(F)(F)F)C(F)(F)F. The molecule has 0 aliphatic carbocycles. The second kappa shape index (κ2) is 4.88. The molecule has 0 spiro atoms. The maximum Gasteiger partial charge on any atom is 1.00 e. The average molecular weight is 251 g/mol. The van der Waals surface area contributed by atoms with E-state index in [0.29, 0.717) is 6.20 Å². The molecule has 0 aromatic carbocycles. The monoisotopic (exact) mass is 251 g/mol. The largest absolute Gasteiger partial charge is 1.00 e. The Balaban J connectivity index is 0.00000256. The van der Waals surface area contributed by atoms with E-state index in [1.807, 2.05) is 0 Å². The van der Waals surface area contributed by atoms with Gasteiger partial charge in [0.05, 0.1) is 6.20 Å². The Morgan fingerprint density at radius 1 is 0.941 bits per heavy atom. The zero-order valence-corrected chi connectivity index (χ0v) is 8.43. The number of aromatic nitrogens is 1. The summed E-state index contributed by atoms with van der Waals surface area (Å²) in [6, 6.07) is 2.80. The van der Waals surface area contributed by atoms with Gasteiger partial charge in [-0.05, 0) is 0 Å². The summed E-state index contributed by atoms with van der Waals surface area (Å²) in [5, 5.41) is 11.0. The third-order valence-corrected chi connectivity index (χ3v) is 1.76. The smallest absolute Gasteiger partial charge is 0.783 e. The zero-order chi connectivity index (χ0) is 12.6. The van der Waals surface area contributed by atoms with Crippen molar-refractivity contribution in [2.24, 2.45) is 0 Å². The van der Waals surface area contributed by atoms with Crippen LogP contribution in [0.25, 0.3) is 0 Å². The molecule has 9 heteroatoms. The van der Waals surface area contributed by atoms with Gasteiger partial charge in [-0.1, -0.05) is 0 Å². The Bertz CT molecular complexity index is 349. The van der Waals surface area contributed by atoms with Gasteiger partial charge in [-0.3, -0.25) is 0 Å². The number of pyridine rings is 1. The number of halogens is 6. The van der Waals surface area contributed by atoms with Gasteiger partial charge in [-0.25, -0.2) is 0 Å². The maximum absolute atomic E-state index is 12.2. The standard InChI is InChI=1S/C8H4F6NO.Li/c9-7(10,11)6(16,8(12,13)14)15-4-2-1-3-5-15;/h1-4H;/q-1;+1. The van der Waals surface area contributed by atoms with Crippen molar-refractivity contribution in [2.75, 3.05) is 0 Å². The predicted molar refractivity (Wildman–Crippen MR) is 35.6 cm³/mol. The van der Waals surface area contributed by atoms with Crippen LogP contribution < -0.4 is 28.5 Å². The van der Waals surface area contributed by atoms with Gasteiger partial charge in [0.1, 0.15) is 6.20 Å². The van der Waals surface area contributed by atoms with E-state index >= 15 is 0 Å². The van der Waals surface area contributed by atoms with Gasteiger partial charge < -0.3 is 9.67 Å². The van der Waals surface area contributed by atoms with Crippen LogP contribution in [0.5, 0.6) is 0 Å². The normalized spacial score (nSPS) is 13.1. The van der Waals surface area contributed by atoms with E-state index in [0.717, 1.165) is 18.2 Å². The molecule has 2 nitrogen and oxygen atoms in total. The molecular formula is C8H4F6LiNO. The molecule has 0 bridgehead atoms. The second-order valence-corrected chi connectivity index (χ2v) is 2.84. The average Bonchev–Trinajstić information content (AvgIpc) is 2.14. The van der Waals surface area contributed by atoms with Crippen molar-refractivity contribution >= 4 is 0 Å². The summed E-state index contributed by atoms with van der Waals surface area (Å²) >= 11 is 0. The first-order valence-electron chi connectivity index (χ1n) is 3.83. The summed E-state index contributed by atoms with van der Waals surface area (Å²) in [5.74, 6) is 0. The first-order valence-corrected chi connectivity index (χ1v) is 3.83. The Labute approximate surface area is 104 Å². The van der Waals surface area contributed by atoms with Crippen LogP contribution in [0.3, 0.4) is 0 Å². The van der Waals surface area contributed by atoms with Crippen molar-refractivity contribution in [1.82, 2.24) is 0 Å². The van der Waals surface area contributed by atoms with Crippen LogP contribution in [-0.2, 0) is 5.72 Å². The van der Waals surface area contributed by atoms with E-state index in [2.05, 4.69) is 0 Å². The van der Waals surface area contributed by atoms with Crippen LogP contribution in [-0.4, -0.2) is 12.4 Å². The number of hydrogen-bond donors (Lipinski definition) is 0. The summed E-state index contributed by atoms with van der Waals surface area (Å²) in [5.41, 5.74) is -5.22. The van der Waals surface area contributed by atoms with E-state index in [9.17, 15) is 31.4 Å². The topological polar surface area (TPSA) is 26.9 Å².